The Morgan fingerprint density at radius 1 is 1.38 bits per heavy atom. The zero-order valence-electron chi connectivity index (χ0n) is 4.89. The van der Waals surface area contributed by atoms with Gasteiger partial charge >= 0.3 is 0 Å². The van der Waals surface area contributed by atoms with Crippen LogP contribution in [0.3, 0.4) is 0 Å². The van der Waals surface area contributed by atoms with Crippen LogP contribution in [0, 0.1) is 0 Å². The van der Waals surface area contributed by atoms with Crippen LogP contribution in [0.15, 0.2) is 0 Å². The lowest BCUT2D eigenvalue weighted by atomic mass is 10.1. The molecule has 48 valence electrons. The molecule has 0 spiro atoms. The number of rotatable bonds is 0. The molecule has 0 bridgehead atoms. The summed E-state index contributed by atoms with van der Waals surface area (Å²) in [5.41, 5.74) is 10.5. The first-order valence-corrected chi connectivity index (χ1v) is 2.86. The zero-order chi connectivity index (χ0) is 6.04. The normalized spacial score (nSPS) is 27.8. The molecule has 4 N–H and O–H groups in total. The molecule has 0 saturated carbocycles. The molecule has 1 fully saturated rings. The van der Waals surface area contributed by atoms with Crippen molar-refractivity contribution in [2.24, 2.45) is 11.5 Å². The van der Waals surface area contributed by atoms with Gasteiger partial charge in [-0.1, -0.05) is 0 Å². The third-order valence-corrected chi connectivity index (χ3v) is 1.30. The van der Waals surface area contributed by atoms with Gasteiger partial charge in [0.25, 0.3) is 0 Å². The van der Waals surface area contributed by atoms with Gasteiger partial charge in [-0.15, -0.1) is 0 Å². The second-order valence-corrected chi connectivity index (χ2v) is 2.39. The van der Waals surface area contributed by atoms with Crippen LogP contribution in [0.2, 0.25) is 0 Å². The first kappa shape index (κ1) is 6.01. The molecular weight excluding hydrogens is 104 g/mol. The highest BCUT2D eigenvalue weighted by atomic mass is 16.5. The van der Waals surface area contributed by atoms with Gasteiger partial charge in [0.2, 0.25) is 0 Å². The fourth-order valence-corrected chi connectivity index (χ4v) is 0.838. The molecule has 1 heterocycles. The van der Waals surface area contributed by atoms with E-state index in [0.29, 0.717) is 6.61 Å². The zero-order valence-corrected chi connectivity index (χ0v) is 4.89. The average molecular weight is 116 g/mol. The van der Waals surface area contributed by atoms with Gasteiger partial charge in [0.15, 0.2) is 0 Å². The highest BCUT2D eigenvalue weighted by Crippen LogP contribution is 2.08. The first-order valence-electron chi connectivity index (χ1n) is 2.86. The molecule has 0 unspecified atom stereocenters. The predicted octanol–water partition coefficient (Wildman–Crippen LogP) is -0.590. The Labute approximate surface area is 49.0 Å². The van der Waals surface area contributed by atoms with Crippen molar-refractivity contribution in [2.75, 3.05) is 13.2 Å². The largest absolute Gasteiger partial charge is 0.378 e. The van der Waals surface area contributed by atoms with Crippen molar-refractivity contribution in [2.45, 2.75) is 18.5 Å². The fraction of sp³-hybridized carbons (Fsp3) is 1.00. The molecule has 0 aromatic carbocycles. The van der Waals surface area contributed by atoms with E-state index in [0.717, 1.165) is 19.4 Å². The molecule has 0 amide bonds. The van der Waals surface area contributed by atoms with Crippen LogP contribution in [-0.4, -0.2) is 18.9 Å². The summed E-state index contributed by atoms with van der Waals surface area (Å²) in [5.74, 6) is 0. The van der Waals surface area contributed by atoms with Gasteiger partial charge in [0.1, 0.15) is 0 Å². The highest BCUT2D eigenvalue weighted by molar-refractivity contribution is 4.78. The van der Waals surface area contributed by atoms with Crippen molar-refractivity contribution in [3.05, 3.63) is 0 Å². The van der Waals surface area contributed by atoms with Crippen LogP contribution >= 0.6 is 0 Å². The summed E-state index contributed by atoms with van der Waals surface area (Å²) in [7, 11) is 0. The molecule has 1 saturated heterocycles. The second-order valence-electron chi connectivity index (χ2n) is 2.39. The monoisotopic (exact) mass is 116 g/mol. The lowest BCUT2D eigenvalue weighted by Gasteiger charge is -2.28. The lowest BCUT2D eigenvalue weighted by molar-refractivity contribution is 0.0408. The van der Waals surface area contributed by atoms with Crippen LogP contribution in [0.4, 0.5) is 0 Å². The standard InChI is InChI=1S/C5H12N2O/c6-5(7)2-1-3-8-4-5/h1-4,6-7H2. The van der Waals surface area contributed by atoms with Crippen molar-refractivity contribution in [3.63, 3.8) is 0 Å². The Morgan fingerprint density at radius 2 is 2.12 bits per heavy atom. The quantitative estimate of drug-likeness (QED) is 0.416. The molecule has 0 aliphatic carbocycles. The van der Waals surface area contributed by atoms with Gasteiger partial charge in [0, 0.05) is 6.61 Å². The van der Waals surface area contributed by atoms with E-state index < -0.39 is 5.66 Å². The number of nitrogens with two attached hydrogens (primary N) is 2. The molecule has 3 heteroatoms. The summed E-state index contributed by atoms with van der Waals surface area (Å²) in [4.78, 5) is 0. The van der Waals surface area contributed by atoms with Crippen molar-refractivity contribution in [1.29, 1.82) is 0 Å². The van der Waals surface area contributed by atoms with Gasteiger partial charge in [-0.2, -0.15) is 0 Å². The van der Waals surface area contributed by atoms with Gasteiger partial charge in [-0.25, -0.2) is 0 Å². The minimum absolute atomic E-state index is 0.507. The molecule has 1 aliphatic rings. The van der Waals surface area contributed by atoms with E-state index in [1.807, 2.05) is 0 Å². The molecule has 3 nitrogen and oxygen atoms in total. The molecule has 8 heavy (non-hydrogen) atoms. The van der Waals surface area contributed by atoms with Gasteiger partial charge in [0.05, 0.1) is 12.3 Å². The lowest BCUT2D eigenvalue weighted by Crippen LogP contribution is -2.55. The highest BCUT2D eigenvalue weighted by Gasteiger charge is 2.21. The third kappa shape index (κ3) is 1.43. The summed E-state index contributed by atoms with van der Waals surface area (Å²) in [5, 5.41) is 0. The Bertz CT molecular complexity index is 74.5. The summed E-state index contributed by atoms with van der Waals surface area (Å²) < 4.78 is 5.03. The van der Waals surface area contributed by atoms with Gasteiger partial charge < -0.3 is 16.2 Å². The van der Waals surface area contributed by atoms with Crippen molar-refractivity contribution >= 4 is 0 Å². The molecule has 1 rings (SSSR count). The van der Waals surface area contributed by atoms with Crippen molar-refractivity contribution in [1.82, 2.24) is 0 Å². The fourth-order valence-electron chi connectivity index (χ4n) is 0.838. The van der Waals surface area contributed by atoms with E-state index in [-0.39, 0.29) is 0 Å². The molecule has 1 aliphatic heterocycles. The maximum Gasteiger partial charge on any atom is 0.0878 e. The summed E-state index contributed by atoms with van der Waals surface area (Å²) in [6.07, 6.45) is 1.88. The number of hydrogen-bond donors (Lipinski definition) is 2. The summed E-state index contributed by atoms with van der Waals surface area (Å²) >= 11 is 0. The van der Waals surface area contributed by atoms with Crippen LogP contribution in [0.1, 0.15) is 12.8 Å². The smallest absolute Gasteiger partial charge is 0.0878 e. The first-order chi connectivity index (χ1) is 3.71. The molecular formula is C5H12N2O. The number of ether oxygens (including phenoxy) is 1. The minimum atomic E-state index is -0.543. The Morgan fingerprint density at radius 3 is 2.38 bits per heavy atom. The van der Waals surface area contributed by atoms with E-state index in [4.69, 9.17) is 16.2 Å². The van der Waals surface area contributed by atoms with Crippen molar-refractivity contribution in [3.8, 4) is 0 Å². The van der Waals surface area contributed by atoms with E-state index in [2.05, 4.69) is 0 Å². The van der Waals surface area contributed by atoms with Crippen LogP contribution < -0.4 is 11.5 Å². The van der Waals surface area contributed by atoms with Crippen LogP contribution in [0.25, 0.3) is 0 Å². The minimum Gasteiger partial charge on any atom is -0.378 e. The molecule has 0 atom stereocenters. The predicted molar refractivity (Wildman–Crippen MR) is 31.2 cm³/mol. The van der Waals surface area contributed by atoms with Gasteiger partial charge in [-0.05, 0) is 12.8 Å². The SMILES string of the molecule is NC1(N)CCCOC1. The van der Waals surface area contributed by atoms with Gasteiger partial charge in [-0.3, -0.25) is 0 Å². The van der Waals surface area contributed by atoms with E-state index >= 15 is 0 Å². The molecule has 0 aromatic rings. The summed E-state index contributed by atoms with van der Waals surface area (Å²) in [6.45, 7) is 1.32. The van der Waals surface area contributed by atoms with Crippen LogP contribution in [-0.2, 0) is 4.74 Å². The third-order valence-electron chi connectivity index (χ3n) is 1.30. The Kier molecular flexibility index (Phi) is 1.51. The van der Waals surface area contributed by atoms with Crippen LogP contribution in [0.5, 0.6) is 0 Å². The Hall–Kier alpha value is -0.120. The average Bonchev–Trinajstić information content (AvgIpc) is 1.65. The topological polar surface area (TPSA) is 61.3 Å². The van der Waals surface area contributed by atoms with Crippen molar-refractivity contribution < 1.29 is 4.74 Å². The summed E-state index contributed by atoms with van der Waals surface area (Å²) in [6, 6.07) is 0. The maximum atomic E-state index is 5.53. The molecule has 0 aromatic heterocycles. The van der Waals surface area contributed by atoms with E-state index in [1.54, 1.807) is 0 Å². The number of hydrogen-bond acceptors (Lipinski definition) is 3. The molecule has 0 radical (unpaired) electrons. The Balaban J connectivity index is 2.33. The van der Waals surface area contributed by atoms with E-state index in [9.17, 15) is 0 Å². The maximum absolute atomic E-state index is 5.53. The van der Waals surface area contributed by atoms with E-state index in [1.165, 1.54) is 0 Å². The second kappa shape index (κ2) is 2.01.